The first kappa shape index (κ1) is 13.4. The molecule has 0 aliphatic rings. The van der Waals surface area contributed by atoms with Crippen molar-refractivity contribution in [2.24, 2.45) is 0 Å². The zero-order valence-corrected chi connectivity index (χ0v) is 9.96. The number of nitrogens with one attached hydrogen (secondary N) is 2. The SMILES string of the molecule is CC[C@@](C)(O)CNC(=O)Nc1ccccc1F. The van der Waals surface area contributed by atoms with Crippen LogP contribution in [0.5, 0.6) is 0 Å². The Labute approximate surface area is 99.8 Å². The van der Waals surface area contributed by atoms with E-state index in [0.29, 0.717) is 6.42 Å². The number of halogens is 1. The Kier molecular flexibility index (Phi) is 4.45. The zero-order valence-electron chi connectivity index (χ0n) is 9.96. The van der Waals surface area contributed by atoms with Gasteiger partial charge >= 0.3 is 6.03 Å². The summed E-state index contributed by atoms with van der Waals surface area (Å²) in [6.07, 6.45) is 0.521. The summed E-state index contributed by atoms with van der Waals surface area (Å²) in [5.41, 5.74) is -0.840. The molecule has 0 saturated heterocycles. The second kappa shape index (κ2) is 5.63. The van der Waals surface area contributed by atoms with E-state index in [4.69, 9.17) is 0 Å². The minimum Gasteiger partial charge on any atom is -0.388 e. The van der Waals surface area contributed by atoms with E-state index in [0.717, 1.165) is 0 Å². The molecule has 0 radical (unpaired) electrons. The van der Waals surface area contributed by atoms with Gasteiger partial charge in [-0.2, -0.15) is 0 Å². The van der Waals surface area contributed by atoms with Gasteiger partial charge in [0.2, 0.25) is 0 Å². The van der Waals surface area contributed by atoms with Gasteiger partial charge in [-0.15, -0.1) is 0 Å². The average molecular weight is 240 g/mol. The molecule has 1 aromatic carbocycles. The molecule has 1 rings (SSSR count). The summed E-state index contributed by atoms with van der Waals surface area (Å²) in [5.74, 6) is -0.495. The van der Waals surface area contributed by atoms with Crippen molar-refractivity contribution in [1.29, 1.82) is 0 Å². The van der Waals surface area contributed by atoms with Gasteiger partial charge in [0.25, 0.3) is 0 Å². The lowest BCUT2D eigenvalue weighted by Crippen LogP contribution is -2.41. The van der Waals surface area contributed by atoms with Crippen molar-refractivity contribution in [1.82, 2.24) is 5.32 Å². The first-order valence-corrected chi connectivity index (χ1v) is 5.46. The quantitative estimate of drug-likeness (QED) is 0.754. The summed E-state index contributed by atoms with van der Waals surface area (Å²) in [4.78, 5) is 11.4. The van der Waals surface area contributed by atoms with Crippen molar-refractivity contribution >= 4 is 11.7 Å². The highest BCUT2D eigenvalue weighted by molar-refractivity contribution is 5.89. The standard InChI is InChI=1S/C12H17FN2O2/c1-3-12(2,17)8-14-11(16)15-10-7-5-4-6-9(10)13/h4-7,17H,3,8H2,1-2H3,(H2,14,15,16)/t12-/m1/s1. The number of amides is 2. The van der Waals surface area contributed by atoms with Crippen molar-refractivity contribution in [2.75, 3.05) is 11.9 Å². The van der Waals surface area contributed by atoms with Gasteiger partial charge in [0.15, 0.2) is 0 Å². The third-order valence-corrected chi connectivity index (χ3v) is 2.51. The third-order valence-electron chi connectivity index (χ3n) is 2.51. The molecule has 0 spiro atoms. The summed E-state index contributed by atoms with van der Waals surface area (Å²) >= 11 is 0. The van der Waals surface area contributed by atoms with Gasteiger partial charge in [-0.3, -0.25) is 0 Å². The normalized spacial score (nSPS) is 13.9. The summed E-state index contributed by atoms with van der Waals surface area (Å²) in [6, 6.07) is 5.36. The molecule has 94 valence electrons. The van der Waals surface area contributed by atoms with E-state index in [-0.39, 0.29) is 12.2 Å². The summed E-state index contributed by atoms with van der Waals surface area (Å²) in [5, 5.41) is 14.5. The van der Waals surface area contributed by atoms with Crippen molar-refractivity contribution in [2.45, 2.75) is 25.9 Å². The van der Waals surface area contributed by atoms with Gasteiger partial charge in [0, 0.05) is 6.54 Å². The summed E-state index contributed by atoms with van der Waals surface area (Å²) in [7, 11) is 0. The van der Waals surface area contributed by atoms with Crippen LogP contribution in [0.4, 0.5) is 14.9 Å². The highest BCUT2D eigenvalue weighted by Gasteiger charge is 2.18. The summed E-state index contributed by atoms with van der Waals surface area (Å²) in [6.45, 7) is 3.55. The molecule has 0 unspecified atom stereocenters. The predicted octanol–water partition coefficient (Wildman–Crippen LogP) is 2.11. The fraction of sp³-hybridized carbons (Fsp3) is 0.417. The van der Waals surface area contributed by atoms with Crippen LogP contribution >= 0.6 is 0 Å². The maximum absolute atomic E-state index is 13.2. The molecule has 2 amide bonds. The molecule has 0 bridgehead atoms. The first-order chi connectivity index (χ1) is 7.94. The molecule has 3 N–H and O–H groups in total. The Morgan fingerprint density at radius 1 is 1.47 bits per heavy atom. The Bertz CT molecular complexity index is 394. The molecule has 17 heavy (non-hydrogen) atoms. The number of carbonyl (C=O) groups excluding carboxylic acids is 1. The van der Waals surface area contributed by atoms with Crippen LogP contribution in [0.3, 0.4) is 0 Å². The molecule has 1 aromatic rings. The van der Waals surface area contributed by atoms with Crippen molar-refractivity contribution in [3.63, 3.8) is 0 Å². The van der Waals surface area contributed by atoms with E-state index >= 15 is 0 Å². The predicted molar refractivity (Wildman–Crippen MR) is 64.3 cm³/mol. The molecule has 0 aromatic heterocycles. The molecule has 0 aliphatic carbocycles. The van der Waals surface area contributed by atoms with Crippen LogP contribution < -0.4 is 10.6 Å². The van der Waals surface area contributed by atoms with Crippen LogP contribution in [0.1, 0.15) is 20.3 Å². The monoisotopic (exact) mass is 240 g/mol. The lowest BCUT2D eigenvalue weighted by molar-refractivity contribution is 0.0587. The molecule has 1 atom stereocenters. The van der Waals surface area contributed by atoms with Gasteiger partial charge in [-0.1, -0.05) is 19.1 Å². The van der Waals surface area contributed by atoms with E-state index in [1.165, 1.54) is 12.1 Å². The maximum atomic E-state index is 13.2. The van der Waals surface area contributed by atoms with Crippen LogP contribution in [0.2, 0.25) is 0 Å². The van der Waals surface area contributed by atoms with Gasteiger partial charge in [-0.25, -0.2) is 9.18 Å². The molecular formula is C12H17FN2O2. The number of anilines is 1. The number of hydrogen-bond acceptors (Lipinski definition) is 2. The smallest absolute Gasteiger partial charge is 0.319 e. The first-order valence-electron chi connectivity index (χ1n) is 5.46. The van der Waals surface area contributed by atoms with E-state index < -0.39 is 17.4 Å². The Hall–Kier alpha value is -1.62. The highest BCUT2D eigenvalue weighted by Crippen LogP contribution is 2.12. The molecule has 4 nitrogen and oxygen atoms in total. The fourth-order valence-electron chi connectivity index (χ4n) is 1.12. The maximum Gasteiger partial charge on any atom is 0.319 e. The third kappa shape index (κ3) is 4.40. The molecule has 5 heteroatoms. The zero-order chi connectivity index (χ0) is 12.9. The number of carbonyl (C=O) groups is 1. The lowest BCUT2D eigenvalue weighted by atomic mass is 10.0. The molecule has 0 heterocycles. The number of rotatable bonds is 4. The second-order valence-electron chi connectivity index (χ2n) is 4.14. The molecule has 0 aliphatic heterocycles. The number of aliphatic hydroxyl groups is 1. The van der Waals surface area contributed by atoms with Crippen molar-refractivity contribution < 1.29 is 14.3 Å². The largest absolute Gasteiger partial charge is 0.388 e. The van der Waals surface area contributed by atoms with E-state index in [1.54, 1.807) is 19.1 Å². The average Bonchev–Trinajstić information content (AvgIpc) is 2.30. The van der Waals surface area contributed by atoms with Crippen molar-refractivity contribution in [3.8, 4) is 0 Å². The number of benzene rings is 1. The lowest BCUT2D eigenvalue weighted by Gasteiger charge is -2.21. The van der Waals surface area contributed by atoms with Crippen molar-refractivity contribution in [3.05, 3.63) is 30.1 Å². The molecular weight excluding hydrogens is 223 g/mol. The Morgan fingerprint density at radius 3 is 2.71 bits per heavy atom. The van der Waals surface area contributed by atoms with Crippen LogP contribution in [0, 0.1) is 5.82 Å². The molecule has 0 fully saturated rings. The van der Waals surface area contributed by atoms with E-state index in [9.17, 15) is 14.3 Å². The van der Waals surface area contributed by atoms with E-state index in [1.807, 2.05) is 6.92 Å². The van der Waals surface area contributed by atoms with Crippen LogP contribution in [0.15, 0.2) is 24.3 Å². The van der Waals surface area contributed by atoms with Crippen LogP contribution in [-0.4, -0.2) is 23.3 Å². The van der Waals surface area contributed by atoms with Gasteiger partial charge in [0.1, 0.15) is 5.82 Å². The van der Waals surface area contributed by atoms with Gasteiger partial charge in [-0.05, 0) is 25.5 Å². The Morgan fingerprint density at radius 2 is 2.12 bits per heavy atom. The van der Waals surface area contributed by atoms with E-state index in [2.05, 4.69) is 10.6 Å². The van der Waals surface area contributed by atoms with Gasteiger partial charge < -0.3 is 15.7 Å². The minimum absolute atomic E-state index is 0.112. The number of para-hydroxylation sites is 1. The second-order valence-corrected chi connectivity index (χ2v) is 4.14. The number of hydrogen-bond donors (Lipinski definition) is 3. The molecule has 0 saturated carbocycles. The van der Waals surface area contributed by atoms with Crippen LogP contribution in [-0.2, 0) is 0 Å². The highest BCUT2D eigenvalue weighted by atomic mass is 19.1. The Balaban J connectivity index is 2.48. The number of urea groups is 1. The van der Waals surface area contributed by atoms with Crippen LogP contribution in [0.25, 0.3) is 0 Å². The topological polar surface area (TPSA) is 61.4 Å². The fourth-order valence-corrected chi connectivity index (χ4v) is 1.12. The minimum atomic E-state index is -0.952. The summed E-state index contributed by atoms with van der Waals surface area (Å²) < 4.78 is 13.2. The van der Waals surface area contributed by atoms with Gasteiger partial charge in [0.05, 0.1) is 11.3 Å².